The lowest BCUT2D eigenvalue weighted by atomic mass is 10.1. The Morgan fingerprint density at radius 2 is 1.97 bits per heavy atom. The Hall–Kier alpha value is -3.97. The van der Waals surface area contributed by atoms with Gasteiger partial charge in [0.1, 0.15) is 0 Å². The highest BCUT2D eigenvalue weighted by Gasteiger charge is 2.14. The monoisotopic (exact) mass is 440 g/mol. The summed E-state index contributed by atoms with van der Waals surface area (Å²) in [5.74, 6) is 0.224. The maximum absolute atomic E-state index is 12.9. The maximum Gasteiger partial charge on any atom is 0.257 e. The van der Waals surface area contributed by atoms with Crippen molar-refractivity contribution in [3.8, 4) is 11.3 Å². The van der Waals surface area contributed by atoms with Crippen molar-refractivity contribution >= 4 is 33.3 Å². The Bertz CT molecular complexity index is 1500. The third kappa shape index (κ3) is 3.86. The number of pyridine rings is 1. The van der Waals surface area contributed by atoms with Crippen LogP contribution >= 0.6 is 11.3 Å². The Morgan fingerprint density at radius 1 is 1.06 bits per heavy atom. The number of hydrogen-bond donors (Lipinski definition) is 1. The maximum atomic E-state index is 12.9. The zero-order valence-corrected chi connectivity index (χ0v) is 18.2. The average Bonchev–Trinajstić information content (AvgIpc) is 3.42. The van der Waals surface area contributed by atoms with Gasteiger partial charge in [0.15, 0.2) is 0 Å². The first kappa shape index (κ1) is 20.0. The Balaban J connectivity index is 1.36. The molecule has 0 aliphatic heterocycles. The number of fused-ring (bicyclic) bond motifs is 1. The van der Waals surface area contributed by atoms with E-state index < -0.39 is 0 Å². The summed E-state index contributed by atoms with van der Waals surface area (Å²) in [6.45, 7) is 0.401. The molecule has 158 valence electrons. The topological polar surface area (TPSA) is 68.9 Å². The second-order valence-electron chi connectivity index (χ2n) is 7.52. The van der Waals surface area contributed by atoms with Crippen molar-refractivity contribution in [1.29, 1.82) is 0 Å². The van der Waals surface area contributed by atoms with E-state index in [1.165, 1.54) is 16.2 Å². The molecule has 0 unspecified atom stereocenters. The van der Waals surface area contributed by atoms with Crippen LogP contribution < -0.4 is 10.9 Å². The van der Waals surface area contributed by atoms with E-state index in [9.17, 15) is 9.59 Å². The van der Waals surface area contributed by atoms with Gasteiger partial charge in [0.05, 0.1) is 18.4 Å². The molecule has 2 aromatic carbocycles. The number of anilines is 1. The summed E-state index contributed by atoms with van der Waals surface area (Å²) >= 11 is 1.70. The van der Waals surface area contributed by atoms with E-state index in [4.69, 9.17) is 0 Å². The lowest BCUT2D eigenvalue weighted by Gasteiger charge is -2.09. The third-order valence-corrected chi connectivity index (χ3v) is 6.29. The molecule has 0 fully saturated rings. The van der Waals surface area contributed by atoms with Gasteiger partial charge in [-0.2, -0.15) is 0 Å². The summed E-state index contributed by atoms with van der Waals surface area (Å²) in [5, 5.41) is 6.19. The molecule has 0 bridgehead atoms. The van der Waals surface area contributed by atoms with Gasteiger partial charge in [0.2, 0.25) is 5.95 Å². The molecule has 3 heterocycles. The molecule has 1 N–H and O–H groups in total. The fraction of sp³-hybridized carbons (Fsp3) is 0.0800. The molecule has 0 saturated carbocycles. The van der Waals surface area contributed by atoms with Crippen LogP contribution in [-0.4, -0.2) is 20.0 Å². The summed E-state index contributed by atoms with van der Waals surface area (Å²) in [5.41, 5.74) is 3.27. The molecule has 0 aliphatic rings. The first-order valence-corrected chi connectivity index (χ1v) is 11.0. The first-order valence-electron chi connectivity index (χ1n) is 10.1. The summed E-state index contributed by atoms with van der Waals surface area (Å²) < 4.78 is 4.69. The molecule has 0 atom stereocenters. The van der Waals surface area contributed by atoms with Crippen LogP contribution in [0, 0.1) is 0 Å². The zero-order valence-electron chi connectivity index (χ0n) is 17.4. The van der Waals surface area contributed by atoms with Crippen molar-refractivity contribution in [1.82, 2.24) is 14.1 Å². The SMILES string of the molecule is Cn1c(-c2ccc3ccsc3c2)cnc1NC(=O)c1cccc(Cn2ccccc2=O)c1. The van der Waals surface area contributed by atoms with Gasteiger partial charge in [-0.25, -0.2) is 4.98 Å². The smallest absolute Gasteiger partial charge is 0.257 e. The molecule has 0 spiro atoms. The predicted octanol–water partition coefficient (Wildman–Crippen LogP) is 4.76. The van der Waals surface area contributed by atoms with Crippen LogP contribution in [0.4, 0.5) is 5.95 Å². The van der Waals surface area contributed by atoms with Crippen molar-refractivity contribution in [2.75, 3.05) is 5.32 Å². The van der Waals surface area contributed by atoms with Gasteiger partial charge in [-0.3, -0.25) is 14.9 Å². The summed E-state index contributed by atoms with van der Waals surface area (Å²) in [7, 11) is 1.88. The van der Waals surface area contributed by atoms with Crippen LogP contribution in [0.25, 0.3) is 21.3 Å². The van der Waals surface area contributed by atoms with E-state index in [0.717, 1.165) is 16.8 Å². The molecular weight excluding hydrogens is 420 g/mol. The van der Waals surface area contributed by atoms with Crippen molar-refractivity contribution in [3.63, 3.8) is 0 Å². The number of benzene rings is 2. The normalized spacial score (nSPS) is 11.0. The van der Waals surface area contributed by atoms with Crippen LogP contribution in [0.5, 0.6) is 0 Å². The Morgan fingerprint density at radius 3 is 2.84 bits per heavy atom. The van der Waals surface area contributed by atoms with E-state index in [2.05, 4.69) is 39.9 Å². The number of imidazole rings is 1. The fourth-order valence-electron chi connectivity index (χ4n) is 3.68. The van der Waals surface area contributed by atoms with E-state index in [0.29, 0.717) is 18.1 Å². The minimum Gasteiger partial charge on any atom is -0.313 e. The summed E-state index contributed by atoms with van der Waals surface area (Å²) in [6, 6.07) is 20.7. The number of nitrogens with zero attached hydrogens (tertiary/aromatic N) is 3. The van der Waals surface area contributed by atoms with E-state index in [-0.39, 0.29) is 11.5 Å². The highest BCUT2D eigenvalue weighted by molar-refractivity contribution is 7.17. The van der Waals surface area contributed by atoms with Gasteiger partial charge < -0.3 is 9.13 Å². The molecule has 6 nitrogen and oxygen atoms in total. The van der Waals surface area contributed by atoms with Gasteiger partial charge in [-0.15, -0.1) is 11.3 Å². The number of amides is 1. The van der Waals surface area contributed by atoms with Gasteiger partial charge >= 0.3 is 0 Å². The van der Waals surface area contributed by atoms with Crippen LogP contribution in [-0.2, 0) is 13.6 Å². The van der Waals surface area contributed by atoms with E-state index in [1.807, 2.05) is 29.8 Å². The van der Waals surface area contributed by atoms with Crippen molar-refractivity contribution in [2.45, 2.75) is 6.54 Å². The van der Waals surface area contributed by atoms with Gasteiger partial charge in [0.25, 0.3) is 11.5 Å². The van der Waals surface area contributed by atoms with E-state index in [1.54, 1.807) is 46.5 Å². The van der Waals surface area contributed by atoms with Gasteiger partial charge in [-0.1, -0.05) is 30.3 Å². The number of rotatable bonds is 5. The highest BCUT2D eigenvalue weighted by Crippen LogP contribution is 2.28. The van der Waals surface area contributed by atoms with Crippen LogP contribution in [0.3, 0.4) is 0 Å². The molecule has 5 rings (SSSR count). The molecule has 7 heteroatoms. The summed E-state index contributed by atoms with van der Waals surface area (Å²) in [4.78, 5) is 29.3. The fourth-order valence-corrected chi connectivity index (χ4v) is 4.51. The number of aromatic nitrogens is 3. The number of hydrogen-bond acceptors (Lipinski definition) is 4. The van der Waals surface area contributed by atoms with E-state index >= 15 is 0 Å². The van der Waals surface area contributed by atoms with Crippen molar-refractivity contribution in [3.05, 3.63) is 106 Å². The minimum absolute atomic E-state index is 0.0800. The lowest BCUT2D eigenvalue weighted by molar-refractivity contribution is 0.102. The molecule has 0 radical (unpaired) electrons. The number of nitrogens with one attached hydrogen (secondary N) is 1. The predicted molar refractivity (Wildman–Crippen MR) is 128 cm³/mol. The standard InChI is InChI=1S/C25H20N4O2S/c1-28-21(19-9-8-18-10-12-32-22(18)14-19)15-26-25(28)27-24(31)20-6-4-5-17(13-20)16-29-11-3-2-7-23(29)30/h2-15H,16H2,1H3,(H,26,27,31). The second-order valence-corrected chi connectivity index (χ2v) is 8.47. The lowest BCUT2D eigenvalue weighted by Crippen LogP contribution is -2.19. The number of carbonyl (C=O) groups is 1. The van der Waals surface area contributed by atoms with Gasteiger partial charge in [0, 0.05) is 35.1 Å². The molecule has 32 heavy (non-hydrogen) atoms. The first-order chi connectivity index (χ1) is 15.6. The molecule has 0 aliphatic carbocycles. The second kappa shape index (κ2) is 8.28. The quantitative estimate of drug-likeness (QED) is 0.428. The zero-order chi connectivity index (χ0) is 22.1. The van der Waals surface area contributed by atoms with Gasteiger partial charge in [-0.05, 0) is 46.7 Å². The average molecular weight is 441 g/mol. The number of carbonyl (C=O) groups excluding carboxylic acids is 1. The van der Waals surface area contributed by atoms with Crippen LogP contribution in [0.1, 0.15) is 15.9 Å². The minimum atomic E-state index is -0.249. The summed E-state index contributed by atoms with van der Waals surface area (Å²) in [6.07, 6.45) is 3.50. The molecule has 0 saturated heterocycles. The Labute approximate surface area is 188 Å². The van der Waals surface area contributed by atoms with Crippen LogP contribution in [0.2, 0.25) is 0 Å². The number of thiophene rings is 1. The third-order valence-electron chi connectivity index (χ3n) is 5.41. The molecular formula is C25H20N4O2S. The largest absolute Gasteiger partial charge is 0.313 e. The van der Waals surface area contributed by atoms with Crippen molar-refractivity contribution < 1.29 is 4.79 Å². The molecule has 1 amide bonds. The Kier molecular flexibility index (Phi) is 5.17. The molecule has 3 aromatic heterocycles. The van der Waals surface area contributed by atoms with Crippen LogP contribution in [0.15, 0.2) is 89.3 Å². The highest BCUT2D eigenvalue weighted by atomic mass is 32.1. The molecule has 5 aromatic rings. The van der Waals surface area contributed by atoms with Crippen molar-refractivity contribution in [2.24, 2.45) is 7.05 Å².